The van der Waals surface area contributed by atoms with Crippen LogP contribution in [0.2, 0.25) is 0 Å². The van der Waals surface area contributed by atoms with Gasteiger partial charge >= 0.3 is 0 Å². The molecule has 1 rings (SSSR count). The van der Waals surface area contributed by atoms with Crippen molar-refractivity contribution in [3.63, 3.8) is 0 Å². The van der Waals surface area contributed by atoms with Crippen LogP contribution in [0.1, 0.15) is 57.1 Å². The Bertz CT molecular complexity index is 476. The predicted octanol–water partition coefficient (Wildman–Crippen LogP) is 3.91. The van der Waals surface area contributed by atoms with E-state index in [0.29, 0.717) is 25.4 Å². The molecule has 0 saturated carbocycles. The molecule has 2 N–H and O–H groups in total. The minimum Gasteiger partial charge on any atom is -0.493 e. The summed E-state index contributed by atoms with van der Waals surface area (Å²) in [6.45, 7) is 8.93. The highest BCUT2D eigenvalue weighted by molar-refractivity contribution is 5.39. The van der Waals surface area contributed by atoms with Crippen molar-refractivity contribution in [1.29, 1.82) is 5.26 Å². The molecule has 0 aliphatic carbocycles. The second-order valence-corrected chi connectivity index (χ2v) is 5.77. The Hall–Kier alpha value is -1.53. The summed E-state index contributed by atoms with van der Waals surface area (Å²) in [6, 6.07) is 8.51. The van der Waals surface area contributed by atoms with Gasteiger partial charge in [-0.05, 0) is 49.3 Å². The van der Waals surface area contributed by atoms with Gasteiger partial charge in [0.15, 0.2) is 0 Å². The molecule has 0 saturated heterocycles. The van der Waals surface area contributed by atoms with Gasteiger partial charge in [0.1, 0.15) is 11.3 Å². The summed E-state index contributed by atoms with van der Waals surface area (Å²) in [4.78, 5) is 0. The second kappa shape index (κ2) is 7.31. The van der Waals surface area contributed by atoms with Gasteiger partial charge in [0.05, 0.1) is 12.7 Å². The minimum absolute atomic E-state index is 0.439. The lowest BCUT2D eigenvalue weighted by Crippen LogP contribution is -2.37. The van der Waals surface area contributed by atoms with Gasteiger partial charge in [-0.2, -0.15) is 5.26 Å². The molecule has 0 heterocycles. The van der Waals surface area contributed by atoms with Crippen LogP contribution in [-0.4, -0.2) is 12.1 Å². The molecule has 0 radical (unpaired) electrons. The van der Waals surface area contributed by atoms with E-state index in [9.17, 15) is 0 Å². The van der Waals surface area contributed by atoms with E-state index in [1.54, 1.807) is 0 Å². The third-order valence-corrected chi connectivity index (χ3v) is 3.67. The van der Waals surface area contributed by atoms with Crippen molar-refractivity contribution in [1.82, 2.24) is 0 Å². The SMILES string of the molecule is CCC(N)(C#N)CCCOc1cc(C)ccc1C(C)C. The van der Waals surface area contributed by atoms with E-state index in [4.69, 9.17) is 15.7 Å². The summed E-state index contributed by atoms with van der Waals surface area (Å²) in [5, 5.41) is 9.04. The topological polar surface area (TPSA) is 59.0 Å². The lowest BCUT2D eigenvalue weighted by molar-refractivity contribution is 0.288. The number of benzene rings is 1. The Kier molecular flexibility index (Phi) is 6.04. The number of ether oxygens (including phenoxy) is 1. The molecule has 3 heteroatoms. The van der Waals surface area contributed by atoms with Gasteiger partial charge in [-0.1, -0.05) is 32.9 Å². The maximum absolute atomic E-state index is 9.04. The molecule has 3 nitrogen and oxygen atoms in total. The van der Waals surface area contributed by atoms with Crippen LogP contribution in [0, 0.1) is 18.3 Å². The van der Waals surface area contributed by atoms with Crippen molar-refractivity contribution in [2.75, 3.05) is 6.61 Å². The van der Waals surface area contributed by atoms with Crippen LogP contribution in [-0.2, 0) is 0 Å². The van der Waals surface area contributed by atoms with Crippen molar-refractivity contribution in [2.45, 2.75) is 58.4 Å². The first-order chi connectivity index (χ1) is 9.41. The summed E-state index contributed by atoms with van der Waals surface area (Å²) in [6.07, 6.45) is 2.14. The molecule has 1 aromatic carbocycles. The first-order valence-electron chi connectivity index (χ1n) is 7.35. The molecule has 0 aromatic heterocycles. The van der Waals surface area contributed by atoms with E-state index in [1.807, 2.05) is 6.92 Å². The molecule has 110 valence electrons. The van der Waals surface area contributed by atoms with Gasteiger partial charge in [0, 0.05) is 0 Å². The zero-order chi connectivity index (χ0) is 15.2. The molecule has 0 bridgehead atoms. The molecule has 0 amide bonds. The highest BCUT2D eigenvalue weighted by Gasteiger charge is 2.21. The van der Waals surface area contributed by atoms with Crippen molar-refractivity contribution in [2.24, 2.45) is 5.73 Å². The Morgan fingerprint density at radius 3 is 2.65 bits per heavy atom. The van der Waals surface area contributed by atoms with Crippen LogP contribution >= 0.6 is 0 Å². The van der Waals surface area contributed by atoms with Gasteiger partial charge in [0.2, 0.25) is 0 Å². The van der Waals surface area contributed by atoms with Crippen LogP contribution in [0.15, 0.2) is 18.2 Å². The molecule has 20 heavy (non-hydrogen) atoms. The largest absolute Gasteiger partial charge is 0.493 e. The Morgan fingerprint density at radius 2 is 2.10 bits per heavy atom. The van der Waals surface area contributed by atoms with E-state index < -0.39 is 5.54 Å². The van der Waals surface area contributed by atoms with Crippen LogP contribution < -0.4 is 10.5 Å². The minimum atomic E-state index is -0.711. The summed E-state index contributed by atoms with van der Waals surface area (Å²) in [5.74, 6) is 1.39. The van der Waals surface area contributed by atoms with E-state index in [-0.39, 0.29) is 0 Å². The maximum Gasteiger partial charge on any atom is 0.122 e. The monoisotopic (exact) mass is 274 g/mol. The molecular weight excluding hydrogens is 248 g/mol. The van der Waals surface area contributed by atoms with E-state index in [0.717, 1.165) is 12.2 Å². The molecule has 0 aliphatic rings. The molecule has 1 unspecified atom stereocenters. The van der Waals surface area contributed by atoms with Gasteiger partial charge in [0.25, 0.3) is 0 Å². The van der Waals surface area contributed by atoms with Gasteiger partial charge in [-0.15, -0.1) is 0 Å². The van der Waals surface area contributed by atoms with Gasteiger partial charge < -0.3 is 10.5 Å². The molecule has 0 fully saturated rings. The highest BCUT2D eigenvalue weighted by Crippen LogP contribution is 2.27. The highest BCUT2D eigenvalue weighted by atomic mass is 16.5. The number of rotatable bonds is 7. The first kappa shape index (κ1) is 16.5. The third-order valence-electron chi connectivity index (χ3n) is 3.67. The molecular formula is C17H26N2O. The van der Waals surface area contributed by atoms with E-state index >= 15 is 0 Å². The molecule has 0 aliphatic heterocycles. The number of aryl methyl sites for hydroxylation is 1. The summed E-state index contributed by atoms with van der Waals surface area (Å²) >= 11 is 0. The van der Waals surface area contributed by atoms with Crippen LogP contribution in [0.4, 0.5) is 0 Å². The fraction of sp³-hybridized carbons (Fsp3) is 0.588. The first-order valence-corrected chi connectivity index (χ1v) is 7.35. The van der Waals surface area contributed by atoms with E-state index in [2.05, 4.69) is 45.0 Å². The summed E-state index contributed by atoms with van der Waals surface area (Å²) < 4.78 is 5.90. The average molecular weight is 274 g/mol. The Labute approximate surface area is 122 Å². The molecule has 0 spiro atoms. The molecule has 1 aromatic rings. The van der Waals surface area contributed by atoms with Crippen molar-refractivity contribution in [3.05, 3.63) is 29.3 Å². The van der Waals surface area contributed by atoms with Gasteiger partial charge in [-0.25, -0.2) is 0 Å². The average Bonchev–Trinajstić information content (AvgIpc) is 2.43. The predicted molar refractivity (Wildman–Crippen MR) is 82.8 cm³/mol. The number of nitriles is 1. The van der Waals surface area contributed by atoms with Crippen LogP contribution in [0.5, 0.6) is 5.75 Å². The molecule has 1 atom stereocenters. The van der Waals surface area contributed by atoms with Crippen LogP contribution in [0.25, 0.3) is 0 Å². The van der Waals surface area contributed by atoms with Crippen LogP contribution in [0.3, 0.4) is 0 Å². The van der Waals surface area contributed by atoms with Crippen molar-refractivity contribution in [3.8, 4) is 11.8 Å². The fourth-order valence-electron chi connectivity index (χ4n) is 2.13. The van der Waals surface area contributed by atoms with E-state index in [1.165, 1.54) is 11.1 Å². The lowest BCUT2D eigenvalue weighted by Gasteiger charge is -2.20. The standard InChI is InChI=1S/C17H26N2O/c1-5-17(19,12-18)9-6-10-20-16-11-14(4)7-8-15(16)13(2)3/h7-8,11,13H,5-6,9-10,19H2,1-4H3. The zero-order valence-corrected chi connectivity index (χ0v) is 13.1. The quantitative estimate of drug-likeness (QED) is 0.767. The van der Waals surface area contributed by atoms with Gasteiger partial charge in [-0.3, -0.25) is 0 Å². The van der Waals surface area contributed by atoms with Crippen molar-refractivity contribution < 1.29 is 4.74 Å². The Morgan fingerprint density at radius 1 is 1.40 bits per heavy atom. The fourth-order valence-corrected chi connectivity index (χ4v) is 2.13. The number of hydrogen-bond acceptors (Lipinski definition) is 3. The maximum atomic E-state index is 9.04. The Balaban J connectivity index is 2.58. The number of hydrogen-bond donors (Lipinski definition) is 1. The second-order valence-electron chi connectivity index (χ2n) is 5.77. The summed E-state index contributed by atoms with van der Waals surface area (Å²) in [7, 11) is 0. The van der Waals surface area contributed by atoms with Crippen molar-refractivity contribution >= 4 is 0 Å². The number of nitrogens with zero attached hydrogens (tertiary/aromatic N) is 1. The smallest absolute Gasteiger partial charge is 0.122 e. The lowest BCUT2D eigenvalue weighted by atomic mass is 9.94. The zero-order valence-electron chi connectivity index (χ0n) is 13.1. The third kappa shape index (κ3) is 4.54. The normalized spacial score (nSPS) is 13.8. The summed E-state index contributed by atoms with van der Waals surface area (Å²) in [5.41, 5.74) is 7.67. The number of nitrogens with two attached hydrogens (primary N) is 1.